The Hall–Kier alpha value is -4.54. The van der Waals surface area contributed by atoms with Crippen LogP contribution in [0.1, 0.15) is 17.0 Å². The Labute approximate surface area is 195 Å². The summed E-state index contributed by atoms with van der Waals surface area (Å²) in [5, 5.41) is 19.2. The molecule has 2 heterocycles. The summed E-state index contributed by atoms with van der Waals surface area (Å²) in [6.07, 6.45) is 1.45. The van der Waals surface area contributed by atoms with Gasteiger partial charge in [0.25, 0.3) is 11.6 Å². The van der Waals surface area contributed by atoms with E-state index in [-0.39, 0.29) is 22.9 Å². The van der Waals surface area contributed by atoms with E-state index in [1.807, 2.05) is 0 Å². The summed E-state index contributed by atoms with van der Waals surface area (Å²) < 4.78 is 10.5. The molecule has 11 heteroatoms. The van der Waals surface area contributed by atoms with Crippen LogP contribution in [-0.2, 0) is 4.79 Å². The average molecular weight is 464 g/mol. The minimum Gasteiger partial charge on any atom is -0.497 e. The maximum absolute atomic E-state index is 13.3. The van der Waals surface area contributed by atoms with Crippen molar-refractivity contribution >= 4 is 12.1 Å². The van der Waals surface area contributed by atoms with Crippen molar-refractivity contribution < 1.29 is 19.2 Å². The molecule has 1 amide bonds. The SMILES string of the molecule is COc1cccc(/C=N/NC(=O)C2=C(N)N3CCNC3=C([N+](=O)[O-])C2c2cccc(OC)c2)c1. The first-order valence-corrected chi connectivity index (χ1v) is 10.5. The van der Waals surface area contributed by atoms with Gasteiger partial charge in [0.1, 0.15) is 23.2 Å². The van der Waals surface area contributed by atoms with Gasteiger partial charge in [0, 0.05) is 13.1 Å². The molecular weight excluding hydrogens is 440 g/mol. The number of rotatable bonds is 7. The van der Waals surface area contributed by atoms with Crippen molar-refractivity contribution in [3.63, 3.8) is 0 Å². The van der Waals surface area contributed by atoms with Crippen LogP contribution in [0.4, 0.5) is 0 Å². The summed E-state index contributed by atoms with van der Waals surface area (Å²) in [5.41, 5.74) is 9.93. The van der Waals surface area contributed by atoms with E-state index >= 15 is 0 Å². The van der Waals surface area contributed by atoms with Crippen molar-refractivity contribution in [1.29, 1.82) is 0 Å². The Morgan fingerprint density at radius 1 is 1.24 bits per heavy atom. The Morgan fingerprint density at radius 2 is 1.94 bits per heavy atom. The number of ether oxygens (including phenoxy) is 2. The minimum atomic E-state index is -1.03. The summed E-state index contributed by atoms with van der Waals surface area (Å²) in [5.74, 6) is -0.119. The largest absolute Gasteiger partial charge is 0.497 e. The van der Waals surface area contributed by atoms with Gasteiger partial charge in [-0.3, -0.25) is 14.9 Å². The second kappa shape index (κ2) is 9.53. The number of nitrogens with two attached hydrogens (primary N) is 1. The first-order valence-electron chi connectivity index (χ1n) is 10.5. The normalized spacial score (nSPS) is 17.5. The van der Waals surface area contributed by atoms with Crippen LogP contribution in [0, 0.1) is 10.1 Å². The maximum atomic E-state index is 13.3. The Balaban J connectivity index is 1.73. The fourth-order valence-electron chi connectivity index (χ4n) is 4.06. The summed E-state index contributed by atoms with van der Waals surface area (Å²) in [6, 6.07) is 13.9. The molecule has 2 aromatic carbocycles. The van der Waals surface area contributed by atoms with Crippen molar-refractivity contribution in [3.05, 3.63) is 92.7 Å². The number of nitrogens with one attached hydrogen (secondary N) is 2. The van der Waals surface area contributed by atoms with E-state index in [9.17, 15) is 14.9 Å². The van der Waals surface area contributed by atoms with E-state index in [0.29, 0.717) is 35.7 Å². The molecule has 1 saturated heterocycles. The quantitative estimate of drug-likeness (QED) is 0.317. The third kappa shape index (κ3) is 4.22. The maximum Gasteiger partial charge on any atom is 0.298 e. The number of carbonyl (C=O) groups excluding carboxylic acids is 1. The molecule has 34 heavy (non-hydrogen) atoms. The highest BCUT2D eigenvalue weighted by molar-refractivity contribution is 5.97. The number of methoxy groups -OCH3 is 2. The van der Waals surface area contributed by atoms with E-state index in [4.69, 9.17) is 15.2 Å². The Kier molecular flexibility index (Phi) is 6.35. The highest BCUT2D eigenvalue weighted by Crippen LogP contribution is 2.41. The molecule has 1 fully saturated rings. The van der Waals surface area contributed by atoms with Crippen molar-refractivity contribution in [2.24, 2.45) is 10.8 Å². The molecule has 0 aromatic heterocycles. The predicted octanol–water partition coefficient (Wildman–Crippen LogP) is 1.47. The van der Waals surface area contributed by atoms with Crippen LogP contribution in [-0.4, -0.2) is 49.3 Å². The molecule has 2 aliphatic heterocycles. The fraction of sp³-hybridized carbons (Fsp3) is 0.217. The summed E-state index contributed by atoms with van der Waals surface area (Å²) in [7, 11) is 3.05. The van der Waals surface area contributed by atoms with E-state index < -0.39 is 16.7 Å². The van der Waals surface area contributed by atoms with Gasteiger partial charge in [0.05, 0.1) is 30.9 Å². The number of amides is 1. The third-order valence-corrected chi connectivity index (χ3v) is 5.61. The van der Waals surface area contributed by atoms with Gasteiger partial charge < -0.3 is 25.4 Å². The molecule has 4 rings (SSSR count). The van der Waals surface area contributed by atoms with Crippen LogP contribution < -0.4 is 25.9 Å². The van der Waals surface area contributed by atoms with Gasteiger partial charge in [-0.2, -0.15) is 5.10 Å². The summed E-state index contributed by atoms with van der Waals surface area (Å²) >= 11 is 0. The van der Waals surface area contributed by atoms with Crippen LogP contribution in [0.5, 0.6) is 11.5 Å². The number of hydrazone groups is 1. The molecule has 0 radical (unpaired) electrons. The van der Waals surface area contributed by atoms with Crippen molar-refractivity contribution in [3.8, 4) is 11.5 Å². The van der Waals surface area contributed by atoms with Crippen LogP contribution in [0.15, 0.2) is 76.5 Å². The van der Waals surface area contributed by atoms with Crippen molar-refractivity contribution in [1.82, 2.24) is 15.6 Å². The van der Waals surface area contributed by atoms with Gasteiger partial charge in [-0.25, -0.2) is 5.43 Å². The zero-order valence-electron chi connectivity index (χ0n) is 18.6. The molecular formula is C23H24N6O5. The average Bonchev–Trinajstić information content (AvgIpc) is 3.33. The number of fused-ring (bicyclic) bond motifs is 1. The third-order valence-electron chi connectivity index (χ3n) is 5.61. The molecule has 0 bridgehead atoms. The zero-order chi connectivity index (χ0) is 24.2. The van der Waals surface area contributed by atoms with Crippen LogP contribution in [0.3, 0.4) is 0 Å². The second-order valence-corrected chi connectivity index (χ2v) is 7.55. The lowest BCUT2D eigenvalue weighted by Crippen LogP contribution is -2.40. The number of carbonyl (C=O) groups is 1. The number of hydrogen-bond acceptors (Lipinski definition) is 9. The fourth-order valence-corrected chi connectivity index (χ4v) is 4.06. The molecule has 0 spiro atoms. The van der Waals surface area contributed by atoms with E-state index in [0.717, 1.165) is 0 Å². The molecule has 176 valence electrons. The summed E-state index contributed by atoms with van der Waals surface area (Å²) in [6.45, 7) is 0.855. The highest BCUT2D eigenvalue weighted by atomic mass is 16.6. The summed E-state index contributed by atoms with van der Waals surface area (Å²) in [4.78, 5) is 26.6. The smallest absolute Gasteiger partial charge is 0.298 e. The molecule has 0 saturated carbocycles. The van der Waals surface area contributed by atoms with Gasteiger partial charge in [0.15, 0.2) is 5.82 Å². The number of nitrogens with zero attached hydrogens (tertiary/aromatic N) is 3. The van der Waals surface area contributed by atoms with Gasteiger partial charge >= 0.3 is 0 Å². The zero-order valence-corrected chi connectivity index (χ0v) is 18.6. The lowest BCUT2D eigenvalue weighted by Gasteiger charge is -2.31. The first kappa shape index (κ1) is 22.6. The van der Waals surface area contributed by atoms with Crippen molar-refractivity contribution in [2.45, 2.75) is 5.92 Å². The molecule has 1 unspecified atom stereocenters. The standard InChI is InChI=1S/C23H24N6O5/c1-33-16-7-3-5-14(11-16)13-26-27-23(30)19-18(15-6-4-8-17(12-15)34-2)20(29(31)32)22-25-9-10-28(22)21(19)24/h3-8,11-13,18,25H,9-10,24H2,1-2H3,(H,27,30)/b26-13+. The van der Waals surface area contributed by atoms with E-state index in [1.165, 1.54) is 13.3 Å². The molecule has 1 atom stereocenters. The van der Waals surface area contributed by atoms with Crippen molar-refractivity contribution in [2.75, 3.05) is 27.3 Å². The molecule has 11 nitrogen and oxygen atoms in total. The monoisotopic (exact) mass is 464 g/mol. The number of benzene rings is 2. The van der Waals surface area contributed by atoms with Gasteiger partial charge in [-0.05, 0) is 35.4 Å². The molecule has 2 aromatic rings. The lowest BCUT2D eigenvalue weighted by atomic mass is 9.85. The molecule has 0 aliphatic carbocycles. The number of hydrogen-bond donors (Lipinski definition) is 3. The van der Waals surface area contributed by atoms with Crippen LogP contribution in [0.25, 0.3) is 0 Å². The second-order valence-electron chi connectivity index (χ2n) is 7.55. The van der Waals surface area contributed by atoms with E-state index in [1.54, 1.807) is 60.5 Å². The Bertz CT molecular complexity index is 1220. The van der Waals surface area contributed by atoms with Crippen LogP contribution >= 0.6 is 0 Å². The first-order chi connectivity index (χ1) is 16.4. The van der Waals surface area contributed by atoms with Gasteiger partial charge in [-0.1, -0.05) is 24.3 Å². The van der Waals surface area contributed by atoms with Crippen LogP contribution in [0.2, 0.25) is 0 Å². The predicted molar refractivity (Wildman–Crippen MR) is 124 cm³/mol. The number of nitro groups is 1. The lowest BCUT2D eigenvalue weighted by molar-refractivity contribution is -0.432. The molecule has 4 N–H and O–H groups in total. The van der Waals surface area contributed by atoms with Gasteiger partial charge in [0.2, 0.25) is 0 Å². The highest BCUT2D eigenvalue weighted by Gasteiger charge is 2.46. The van der Waals surface area contributed by atoms with Gasteiger partial charge in [-0.15, -0.1) is 0 Å². The topological polar surface area (TPSA) is 144 Å². The minimum absolute atomic E-state index is 0.0372. The number of allylic oxidation sites excluding steroid dienone is 1. The Morgan fingerprint density at radius 3 is 2.65 bits per heavy atom. The molecule has 2 aliphatic rings. The van der Waals surface area contributed by atoms with E-state index in [2.05, 4.69) is 15.8 Å².